The smallest absolute Gasteiger partial charge is 1.00 e. The van der Waals surface area contributed by atoms with E-state index in [1.54, 1.807) is 36.4 Å². The summed E-state index contributed by atoms with van der Waals surface area (Å²) in [5.74, 6) is -2.53. The topological polar surface area (TPSA) is 116 Å². The molecule has 0 fully saturated rings. The molecule has 0 aliphatic heterocycles. The number of para-hydroxylation sites is 4. The first-order valence-corrected chi connectivity index (χ1v) is 30.5. The molecule has 0 spiro atoms. The quantitative estimate of drug-likeness (QED) is 0.0573. The maximum Gasteiger partial charge on any atom is 1.00 e. The van der Waals surface area contributed by atoms with Gasteiger partial charge in [-0.3, -0.25) is 4.79 Å². The largest absolute Gasteiger partial charge is 1.00 e. The minimum atomic E-state index is -1.11. The van der Waals surface area contributed by atoms with Gasteiger partial charge in [0.15, 0.2) is 22.8 Å². The van der Waals surface area contributed by atoms with Gasteiger partial charge in [0, 0.05) is 66.1 Å². The summed E-state index contributed by atoms with van der Waals surface area (Å²) in [7, 11) is 0. The third-order valence-electron chi connectivity index (χ3n) is 17.0. The number of hydrogen-bond donors (Lipinski definition) is 2. The standard InChI is InChI=1S/C42H28F2O2.C42H26O2.CH2O3.3CH4.2K.H/c43-39-35(37-21-9-19-33(41(37)45)31-17-7-15-29(25-31)27-11-3-1-4-12-27)23-24-36(40(39)44)38-22-10-20-34(42(38)46)32-18-8-16-30(26-32)28-13-5-2-6-14-28;1-3-11-27(12-4-1)29-15-7-17-31(25-29)33-19-9-21-35-37-23-24-38-36-22-10-20-34(40(36)44-42(38)41(37)43-39(33)35)32-18-8-16-30(26-32)28-13-5-2-6-14-28;2-1-4-3;;;;;;/h1-26,45-46H;1-26H;1,3H;3*1H4;;;/q;;;;;;2*+1;-1/p-1. The number of fused-ring (bicyclic) bond motifs is 7. The molecule has 0 bridgehead atoms. The number of rotatable bonds is 11. The predicted octanol–water partition coefficient (Wildman–Crippen LogP) is 18.0. The monoisotopic (exact) mass is 1350 g/mol. The fourth-order valence-electron chi connectivity index (χ4n) is 12.5. The molecule has 16 aromatic rings. The second kappa shape index (κ2) is 33.6. The van der Waals surface area contributed by atoms with Gasteiger partial charge in [-0.25, -0.2) is 8.78 Å². The number of furan rings is 2. The SMILES string of the molecule is C.C.C.O=CO[O-].Oc1c(-c2cccc(-c3ccccc3)c2)cccc1-c1ccc(-c2cccc(-c3cccc(-c4ccccc4)c3)c2O)c(F)c1F.[H-].[K+].[K+].c1ccc(-c2cccc(-c3cccc4c3oc3c4ccc4c5cccc(-c6cccc(-c7ccccc7)c6)c5oc43)c2)cc1. The molecule has 0 radical (unpaired) electrons. The van der Waals surface area contributed by atoms with Crippen molar-refractivity contribution in [1.82, 2.24) is 0 Å². The molecule has 0 saturated heterocycles. The van der Waals surface area contributed by atoms with Gasteiger partial charge in [-0.15, -0.1) is 0 Å². The first-order valence-electron chi connectivity index (χ1n) is 30.5. The number of hydrogen-bond acceptors (Lipinski definition) is 7. The Kier molecular flexibility index (Phi) is 25.1. The van der Waals surface area contributed by atoms with Crippen LogP contribution in [-0.4, -0.2) is 16.7 Å². The zero-order valence-corrected chi connectivity index (χ0v) is 58.5. The molecule has 2 N–H and O–H groups in total. The van der Waals surface area contributed by atoms with Crippen LogP contribution in [-0.2, 0) is 9.68 Å². The van der Waals surface area contributed by atoms with Crippen molar-refractivity contribution in [3.63, 3.8) is 0 Å². The van der Waals surface area contributed by atoms with Crippen molar-refractivity contribution in [2.75, 3.05) is 0 Å². The van der Waals surface area contributed by atoms with Crippen molar-refractivity contribution in [2.24, 2.45) is 0 Å². The van der Waals surface area contributed by atoms with Crippen molar-refractivity contribution in [1.29, 1.82) is 0 Å². The van der Waals surface area contributed by atoms with Crippen LogP contribution in [0.3, 0.4) is 0 Å². The molecule has 14 aromatic carbocycles. The summed E-state index contributed by atoms with van der Waals surface area (Å²) in [6.07, 6.45) is 0. The van der Waals surface area contributed by atoms with E-state index in [-0.39, 0.29) is 167 Å². The zero-order valence-electron chi connectivity index (χ0n) is 53.3. The maximum absolute atomic E-state index is 15.9. The first kappa shape index (κ1) is 74.1. The van der Waals surface area contributed by atoms with Crippen LogP contribution in [0.15, 0.2) is 324 Å². The van der Waals surface area contributed by atoms with Gasteiger partial charge in [-0.05, 0) is 103 Å². The van der Waals surface area contributed by atoms with Crippen molar-refractivity contribution in [2.45, 2.75) is 22.3 Å². The number of aromatic hydroxyl groups is 2. The van der Waals surface area contributed by atoms with E-state index in [0.29, 0.717) is 11.1 Å². The molecular formula is C88H68F2K2O7. The predicted molar refractivity (Wildman–Crippen MR) is 393 cm³/mol. The van der Waals surface area contributed by atoms with Crippen LogP contribution in [0, 0.1) is 11.6 Å². The van der Waals surface area contributed by atoms with E-state index < -0.39 is 11.6 Å². The molecule has 0 saturated carbocycles. The van der Waals surface area contributed by atoms with Crippen LogP contribution < -0.4 is 108 Å². The van der Waals surface area contributed by atoms with E-state index in [2.05, 4.69) is 150 Å². The van der Waals surface area contributed by atoms with E-state index in [1.807, 2.05) is 121 Å². The summed E-state index contributed by atoms with van der Waals surface area (Å²) in [6, 6.07) is 104. The van der Waals surface area contributed by atoms with Crippen molar-refractivity contribution < 1.29 is 147 Å². The van der Waals surface area contributed by atoms with Gasteiger partial charge in [0.05, 0.1) is 0 Å². The number of benzene rings is 14. The zero-order chi connectivity index (χ0) is 64.1. The van der Waals surface area contributed by atoms with E-state index in [1.165, 1.54) is 34.4 Å². The van der Waals surface area contributed by atoms with Crippen molar-refractivity contribution in [3.05, 3.63) is 327 Å². The maximum atomic E-state index is 15.9. The molecule has 2 aromatic heterocycles. The second-order valence-electron chi connectivity index (χ2n) is 22.6. The Morgan fingerprint density at radius 1 is 0.283 bits per heavy atom. The van der Waals surface area contributed by atoms with E-state index in [4.69, 9.17) is 18.9 Å². The van der Waals surface area contributed by atoms with Crippen LogP contribution in [0.5, 0.6) is 11.5 Å². The number of carbonyl (C=O) groups excluding carboxylic acids is 1. The summed E-state index contributed by atoms with van der Waals surface area (Å²) in [4.78, 5) is 11.2. The summed E-state index contributed by atoms with van der Waals surface area (Å²) < 4.78 is 45.2. The summed E-state index contributed by atoms with van der Waals surface area (Å²) in [5, 5.41) is 35.4. The molecule has 2 heterocycles. The Bertz CT molecular complexity index is 5120. The number of phenolic OH excluding ortho intramolecular Hbond substituents is 2. The Labute approximate surface area is 661 Å². The third-order valence-corrected chi connectivity index (χ3v) is 17.0. The number of carbonyl (C=O) groups is 1. The summed E-state index contributed by atoms with van der Waals surface area (Å²) in [6.45, 7) is -0.181. The number of halogens is 2. The minimum Gasteiger partial charge on any atom is -1.00 e. The van der Waals surface area contributed by atoms with Crippen molar-refractivity contribution >= 4 is 50.3 Å². The summed E-state index contributed by atoms with van der Waals surface area (Å²) >= 11 is 0. The average molecular weight is 1350 g/mol. The minimum absolute atomic E-state index is 0. The van der Waals surface area contributed by atoms with Crippen LogP contribution >= 0.6 is 0 Å². The fourth-order valence-corrected chi connectivity index (χ4v) is 12.5. The van der Waals surface area contributed by atoms with E-state index in [9.17, 15) is 10.2 Å². The van der Waals surface area contributed by atoms with Crippen LogP contribution in [0.4, 0.5) is 8.78 Å². The molecule has 99 heavy (non-hydrogen) atoms. The van der Waals surface area contributed by atoms with Gasteiger partial charge < -0.3 is 30.6 Å². The third kappa shape index (κ3) is 15.2. The van der Waals surface area contributed by atoms with Gasteiger partial charge >= 0.3 is 103 Å². The van der Waals surface area contributed by atoms with Gasteiger partial charge in [0.1, 0.15) is 22.7 Å². The first-order chi connectivity index (χ1) is 46.2. The average Bonchev–Trinajstić information content (AvgIpc) is 1.56. The Balaban J connectivity index is 0.000000229. The van der Waals surface area contributed by atoms with Crippen LogP contribution in [0.1, 0.15) is 23.7 Å². The molecular weight excluding hydrogens is 1290 g/mol. The van der Waals surface area contributed by atoms with E-state index >= 15 is 8.78 Å². The van der Waals surface area contributed by atoms with Crippen molar-refractivity contribution in [3.8, 4) is 123 Å². The van der Waals surface area contributed by atoms with Gasteiger partial charge in [0.25, 0.3) is 6.47 Å². The molecule has 11 heteroatoms. The van der Waals surface area contributed by atoms with E-state index in [0.717, 1.165) is 99.5 Å². The summed E-state index contributed by atoms with van der Waals surface area (Å²) in [5.41, 5.74) is 19.1. The van der Waals surface area contributed by atoms with Crippen LogP contribution in [0.2, 0.25) is 0 Å². The molecule has 478 valence electrons. The molecule has 7 nitrogen and oxygen atoms in total. The normalized spacial score (nSPS) is 10.5. The molecule has 16 rings (SSSR count). The van der Waals surface area contributed by atoms with Gasteiger partial charge in [0.2, 0.25) is 0 Å². The van der Waals surface area contributed by atoms with Gasteiger partial charge in [-0.1, -0.05) is 301 Å². The molecule has 0 aliphatic carbocycles. The van der Waals surface area contributed by atoms with Gasteiger partial charge in [-0.2, -0.15) is 0 Å². The molecule has 0 aliphatic rings. The Morgan fingerprint density at radius 2 is 0.515 bits per heavy atom. The Morgan fingerprint density at radius 3 is 0.818 bits per heavy atom. The van der Waals surface area contributed by atoms with Crippen LogP contribution in [0.25, 0.3) is 155 Å². The molecule has 0 atom stereocenters. The molecule has 0 amide bonds. The number of phenols is 2. The fraction of sp³-hybridized carbons (Fsp3) is 0.0341. The Hall–Kier alpha value is -9.16. The second-order valence-corrected chi connectivity index (χ2v) is 22.6. The molecule has 0 unspecified atom stereocenters.